The summed E-state index contributed by atoms with van der Waals surface area (Å²) in [6.07, 6.45) is 1.13. The number of hydrogen-bond acceptors (Lipinski definition) is 7. The van der Waals surface area contributed by atoms with Gasteiger partial charge in [-0.1, -0.05) is 20.8 Å². The van der Waals surface area contributed by atoms with Crippen molar-refractivity contribution in [3.63, 3.8) is 0 Å². The smallest absolute Gasteiger partial charge is 0.365 e. The molecular formula is C19H31O7P. The molecule has 8 heteroatoms. The van der Waals surface area contributed by atoms with Gasteiger partial charge in [0, 0.05) is 24.2 Å². The Labute approximate surface area is 161 Å². The summed E-state index contributed by atoms with van der Waals surface area (Å²) in [4.78, 5) is 12.2. The molecule has 0 radical (unpaired) electrons. The Hall–Kier alpha value is -1.40. The Morgan fingerprint density at radius 1 is 1.15 bits per heavy atom. The van der Waals surface area contributed by atoms with E-state index in [1.54, 1.807) is 27.9 Å². The second-order valence-corrected chi connectivity index (χ2v) is 8.76. The van der Waals surface area contributed by atoms with E-state index in [0.29, 0.717) is 11.3 Å². The Kier molecular flexibility index (Phi) is 8.95. The third kappa shape index (κ3) is 6.32. The SMILES string of the molecule is CCOC(=O)C=C(c1oc(C(C)(C)C)cc1COC)P(=O)(OCC)OCC. The van der Waals surface area contributed by atoms with Gasteiger partial charge in [-0.15, -0.1) is 0 Å². The molecule has 0 aromatic carbocycles. The van der Waals surface area contributed by atoms with Gasteiger partial charge >= 0.3 is 13.6 Å². The van der Waals surface area contributed by atoms with Crippen LogP contribution in [0.25, 0.3) is 5.31 Å². The molecular weight excluding hydrogens is 371 g/mol. The Bertz CT molecular complexity index is 687. The van der Waals surface area contributed by atoms with Crippen molar-refractivity contribution in [2.45, 2.75) is 53.6 Å². The van der Waals surface area contributed by atoms with E-state index >= 15 is 0 Å². The first kappa shape index (κ1) is 23.6. The maximum Gasteiger partial charge on any atom is 0.365 e. The number of carbonyl (C=O) groups excluding carboxylic acids is 1. The summed E-state index contributed by atoms with van der Waals surface area (Å²) < 4.78 is 40.6. The Morgan fingerprint density at radius 3 is 2.19 bits per heavy atom. The zero-order valence-corrected chi connectivity index (χ0v) is 18.2. The largest absolute Gasteiger partial charge is 0.463 e. The van der Waals surface area contributed by atoms with Gasteiger partial charge in [-0.2, -0.15) is 0 Å². The number of esters is 1. The molecule has 1 aromatic rings. The molecule has 1 rings (SSSR count). The van der Waals surface area contributed by atoms with Crippen LogP contribution in [0.15, 0.2) is 16.6 Å². The van der Waals surface area contributed by atoms with Gasteiger partial charge in [-0.3, -0.25) is 4.57 Å². The Balaban J connectivity index is 3.66. The quantitative estimate of drug-likeness (QED) is 0.313. The average Bonchev–Trinajstić information content (AvgIpc) is 2.97. The first-order chi connectivity index (χ1) is 12.6. The summed E-state index contributed by atoms with van der Waals surface area (Å²) in [5.41, 5.74) is 0.356. The highest BCUT2D eigenvalue weighted by Crippen LogP contribution is 2.61. The minimum absolute atomic E-state index is 0.0344. The van der Waals surface area contributed by atoms with Crippen LogP contribution in [0.5, 0.6) is 0 Å². The van der Waals surface area contributed by atoms with Crippen LogP contribution in [-0.4, -0.2) is 32.9 Å². The van der Waals surface area contributed by atoms with Gasteiger partial charge in [-0.25, -0.2) is 4.79 Å². The number of rotatable bonds is 10. The predicted molar refractivity (Wildman–Crippen MR) is 104 cm³/mol. The molecule has 0 unspecified atom stereocenters. The lowest BCUT2D eigenvalue weighted by Crippen LogP contribution is -2.09. The van der Waals surface area contributed by atoms with Crippen LogP contribution in [0.1, 0.15) is 58.6 Å². The van der Waals surface area contributed by atoms with E-state index in [1.807, 2.05) is 26.8 Å². The number of carbonyl (C=O) groups is 1. The van der Waals surface area contributed by atoms with Crippen molar-refractivity contribution in [1.82, 2.24) is 0 Å². The topological polar surface area (TPSA) is 84.2 Å². The molecule has 27 heavy (non-hydrogen) atoms. The van der Waals surface area contributed by atoms with Crippen molar-refractivity contribution in [1.29, 1.82) is 0 Å². The molecule has 0 spiro atoms. The second kappa shape index (κ2) is 10.2. The molecule has 0 amide bonds. The summed E-state index contributed by atoms with van der Waals surface area (Å²) in [6.45, 7) is 11.8. The molecule has 0 aliphatic heterocycles. The highest BCUT2D eigenvalue weighted by atomic mass is 31.2. The van der Waals surface area contributed by atoms with Gasteiger partial charge in [0.1, 0.15) is 16.8 Å². The number of methoxy groups -OCH3 is 1. The minimum Gasteiger partial charge on any atom is -0.463 e. The normalized spacial score (nSPS) is 13.1. The lowest BCUT2D eigenvalue weighted by Gasteiger charge is -2.20. The summed E-state index contributed by atoms with van der Waals surface area (Å²) in [6, 6.07) is 1.83. The van der Waals surface area contributed by atoms with Gasteiger partial charge in [0.15, 0.2) is 0 Å². The lowest BCUT2D eigenvalue weighted by molar-refractivity contribution is -0.137. The fraction of sp³-hybridized carbons (Fsp3) is 0.632. The molecule has 0 N–H and O–H groups in total. The summed E-state index contributed by atoms with van der Waals surface area (Å²) in [5, 5.41) is 0.0344. The molecule has 0 aliphatic rings. The van der Waals surface area contributed by atoms with Gasteiger partial charge in [-0.05, 0) is 26.8 Å². The van der Waals surface area contributed by atoms with Gasteiger partial charge < -0.3 is 22.9 Å². The minimum atomic E-state index is -3.81. The van der Waals surface area contributed by atoms with E-state index in [0.717, 1.165) is 6.08 Å². The van der Waals surface area contributed by atoms with E-state index in [9.17, 15) is 9.36 Å². The van der Waals surface area contributed by atoms with Gasteiger partial charge in [0.05, 0.1) is 26.4 Å². The molecule has 1 heterocycles. The van der Waals surface area contributed by atoms with Crippen LogP contribution < -0.4 is 0 Å². The van der Waals surface area contributed by atoms with E-state index in [-0.39, 0.29) is 42.9 Å². The predicted octanol–water partition coefficient (Wildman–Crippen LogP) is 4.89. The van der Waals surface area contributed by atoms with Crippen molar-refractivity contribution in [3.05, 3.63) is 29.2 Å². The fourth-order valence-corrected chi connectivity index (χ4v) is 4.09. The number of ether oxygens (including phenoxy) is 2. The average molecular weight is 402 g/mol. The number of hydrogen-bond donors (Lipinski definition) is 0. The van der Waals surface area contributed by atoms with Crippen molar-refractivity contribution in [2.24, 2.45) is 0 Å². The molecule has 7 nitrogen and oxygen atoms in total. The van der Waals surface area contributed by atoms with Crippen LogP contribution in [0.2, 0.25) is 0 Å². The number of furan rings is 1. The van der Waals surface area contributed by atoms with Crippen LogP contribution >= 0.6 is 7.60 Å². The third-order valence-electron chi connectivity index (χ3n) is 3.52. The van der Waals surface area contributed by atoms with E-state index in [4.69, 9.17) is 22.9 Å². The Morgan fingerprint density at radius 2 is 1.74 bits per heavy atom. The molecule has 0 fully saturated rings. The van der Waals surface area contributed by atoms with Crippen LogP contribution in [-0.2, 0) is 39.9 Å². The second-order valence-electron chi connectivity index (χ2n) is 6.76. The lowest BCUT2D eigenvalue weighted by atomic mass is 9.93. The van der Waals surface area contributed by atoms with E-state index in [2.05, 4.69) is 0 Å². The van der Waals surface area contributed by atoms with Gasteiger partial charge in [0.25, 0.3) is 0 Å². The van der Waals surface area contributed by atoms with E-state index in [1.165, 1.54) is 0 Å². The molecule has 0 atom stereocenters. The van der Waals surface area contributed by atoms with Crippen LogP contribution in [0.3, 0.4) is 0 Å². The van der Waals surface area contributed by atoms with Crippen molar-refractivity contribution in [2.75, 3.05) is 26.9 Å². The standard InChI is InChI=1S/C19H31O7P/c1-8-23-17(20)12-15(27(21,24-9-2)25-10-3)18-14(13-22-7)11-16(26-18)19(4,5)6/h11-12H,8-10,13H2,1-7H3. The van der Waals surface area contributed by atoms with Crippen molar-refractivity contribution in [3.8, 4) is 0 Å². The first-order valence-electron chi connectivity index (χ1n) is 9.03. The van der Waals surface area contributed by atoms with Crippen LogP contribution in [0.4, 0.5) is 0 Å². The summed E-state index contributed by atoms with van der Waals surface area (Å²) in [5.74, 6) is 0.267. The maximum absolute atomic E-state index is 13.4. The fourth-order valence-electron chi connectivity index (χ4n) is 2.36. The zero-order chi connectivity index (χ0) is 20.7. The first-order valence-corrected chi connectivity index (χ1v) is 10.6. The molecule has 0 aliphatic carbocycles. The highest BCUT2D eigenvalue weighted by Gasteiger charge is 2.37. The van der Waals surface area contributed by atoms with Crippen LogP contribution in [0, 0.1) is 0 Å². The third-order valence-corrected chi connectivity index (χ3v) is 5.63. The maximum atomic E-state index is 13.4. The molecule has 0 saturated carbocycles. The highest BCUT2D eigenvalue weighted by molar-refractivity contribution is 7.65. The molecule has 1 aromatic heterocycles. The van der Waals surface area contributed by atoms with E-state index < -0.39 is 13.6 Å². The van der Waals surface area contributed by atoms with Crippen molar-refractivity contribution >= 4 is 18.9 Å². The summed E-state index contributed by atoms with van der Waals surface area (Å²) in [7, 11) is -2.26. The van der Waals surface area contributed by atoms with Crippen molar-refractivity contribution < 1.29 is 32.3 Å². The monoisotopic (exact) mass is 402 g/mol. The zero-order valence-electron chi connectivity index (χ0n) is 17.3. The summed E-state index contributed by atoms with van der Waals surface area (Å²) >= 11 is 0. The molecule has 0 saturated heterocycles. The van der Waals surface area contributed by atoms with Gasteiger partial charge in [0.2, 0.25) is 0 Å². The molecule has 0 bridgehead atoms. The molecule has 154 valence electrons.